The van der Waals surface area contributed by atoms with Crippen molar-refractivity contribution in [1.82, 2.24) is 15.5 Å². The van der Waals surface area contributed by atoms with Crippen LogP contribution < -0.4 is 10.1 Å². The van der Waals surface area contributed by atoms with Crippen molar-refractivity contribution in [2.24, 2.45) is 0 Å². The fraction of sp³-hybridized carbons (Fsp3) is 0.160. The van der Waals surface area contributed by atoms with E-state index in [0.29, 0.717) is 28.3 Å². The van der Waals surface area contributed by atoms with Crippen molar-refractivity contribution in [2.45, 2.75) is 24.3 Å². The van der Waals surface area contributed by atoms with Crippen molar-refractivity contribution < 1.29 is 13.9 Å². The molecular weight excluding hydrogens is 458 g/mol. The van der Waals surface area contributed by atoms with Crippen LogP contribution >= 0.6 is 23.4 Å². The zero-order chi connectivity index (χ0) is 22.9. The Bertz CT molecular complexity index is 1150. The fourth-order valence-corrected chi connectivity index (χ4v) is 3.90. The molecular formula is C25H22ClN3O3S. The zero-order valence-corrected chi connectivity index (χ0v) is 19.3. The minimum atomic E-state index is -0.132. The van der Waals surface area contributed by atoms with E-state index < -0.39 is 0 Å². The highest BCUT2D eigenvalue weighted by Gasteiger charge is 2.17. The molecule has 4 aromatic rings. The Kier molecular flexibility index (Phi) is 8.00. The molecule has 1 heterocycles. The SMILES string of the molecule is O=C(CSc1nnc(COc2ccc(Cl)cc2)o1)NC(Cc1ccccc1)c1ccccc1. The summed E-state index contributed by atoms with van der Waals surface area (Å²) in [6, 6.07) is 26.9. The second-order valence-corrected chi connectivity index (χ2v) is 8.58. The lowest BCUT2D eigenvalue weighted by molar-refractivity contribution is -0.119. The maximum Gasteiger partial charge on any atom is 0.277 e. The van der Waals surface area contributed by atoms with Gasteiger partial charge in [0.05, 0.1) is 11.8 Å². The van der Waals surface area contributed by atoms with Gasteiger partial charge in [0.15, 0.2) is 6.61 Å². The minimum Gasteiger partial charge on any atom is -0.484 e. The van der Waals surface area contributed by atoms with Gasteiger partial charge in [0, 0.05) is 5.02 Å². The number of nitrogens with one attached hydrogen (secondary N) is 1. The molecule has 1 N–H and O–H groups in total. The summed E-state index contributed by atoms with van der Waals surface area (Å²) >= 11 is 7.06. The highest BCUT2D eigenvalue weighted by atomic mass is 35.5. The van der Waals surface area contributed by atoms with E-state index >= 15 is 0 Å². The predicted molar refractivity (Wildman–Crippen MR) is 128 cm³/mol. The molecule has 1 atom stereocenters. The predicted octanol–water partition coefficient (Wildman–Crippen LogP) is 5.49. The first-order valence-corrected chi connectivity index (χ1v) is 11.7. The number of carbonyl (C=O) groups is 1. The van der Waals surface area contributed by atoms with Crippen LogP contribution in [0.25, 0.3) is 0 Å². The molecule has 0 saturated heterocycles. The number of ether oxygens (including phenoxy) is 1. The lowest BCUT2D eigenvalue weighted by atomic mass is 9.99. The molecule has 0 saturated carbocycles. The van der Waals surface area contributed by atoms with E-state index in [1.54, 1.807) is 24.3 Å². The Morgan fingerprint density at radius 3 is 2.39 bits per heavy atom. The summed E-state index contributed by atoms with van der Waals surface area (Å²) in [6.07, 6.45) is 0.702. The van der Waals surface area contributed by atoms with E-state index in [-0.39, 0.29) is 24.3 Å². The molecule has 0 aliphatic rings. The van der Waals surface area contributed by atoms with E-state index in [1.165, 1.54) is 11.8 Å². The molecule has 8 heteroatoms. The molecule has 0 radical (unpaired) electrons. The molecule has 0 bridgehead atoms. The minimum absolute atomic E-state index is 0.109. The van der Waals surface area contributed by atoms with Crippen molar-refractivity contribution in [3.05, 3.63) is 107 Å². The Labute approximate surface area is 201 Å². The number of carbonyl (C=O) groups excluding carboxylic acids is 1. The topological polar surface area (TPSA) is 77.2 Å². The van der Waals surface area contributed by atoms with Gasteiger partial charge < -0.3 is 14.5 Å². The molecule has 1 aromatic heterocycles. The summed E-state index contributed by atoms with van der Waals surface area (Å²) in [5.41, 5.74) is 2.21. The molecule has 0 fully saturated rings. The molecule has 1 unspecified atom stereocenters. The largest absolute Gasteiger partial charge is 0.484 e. The van der Waals surface area contributed by atoms with Crippen LogP contribution in [0.15, 0.2) is 94.6 Å². The number of halogens is 1. The summed E-state index contributed by atoms with van der Waals surface area (Å²) in [5.74, 6) is 1.04. The van der Waals surface area contributed by atoms with Crippen molar-refractivity contribution in [3.63, 3.8) is 0 Å². The Morgan fingerprint density at radius 1 is 0.970 bits per heavy atom. The van der Waals surface area contributed by atoms with Crippen molar-refractivity contribution in [3.8, 4) is 5.75 Å². The number of amides is 1. The van der Waals surface area contributed by atoms with Gasteiger partial charge in [0.2, 0.25) is 5.91 Å². The van der Waals surface area contributed by atoms with Crippen molar-refractivity contribution in [1.29, 1.82) is 0 Å². The average molecular weight is 480 g/mol. The summed E-state index contributed by atoms with van der Waals surface area (Å²) in [6.45, 7) is 0.133. The number of hydrogen-bond donors (Lipinski definition) is 1. The van der Waals surface area contributed by atoms with Crippen LogP contribution in [-0.2, 0) is 17.8 Å². The monoisotopic (exact) mass is 479 g/mol. The standard InChI is InChI=1S/C25H22ClN3O3S/c26-20-11-13-21(14-12-20)31-16-24-28-29-25(32-24)33-17-23(30)27-22(19-9-5-2-6-10-19)15-18-7-3-1-4-8-18/h1-14,22H,15-17H2,(H,27,30). The van der Waals surface area contributed by atoms with E-state index in [4.69, 9.17) is 20.8 Å². The molecule has 33 heavy (non-hydrogen) atoms. The van der Waals surface area contributed by atoms with Gasteiger partial charge in [-0.25, -0.2) is 0 Å². The number of thioether (sulfide) groups is 1. The van der Waals surface area contributed by atoms with E-state index in [2.05, 4.69) is 27.6 Å². The molecule has 3 aromatic carbocycles. The molecule has 0 spiro atoms. The quantitative estimate of drug-likeness (QED) is 0.303. The summed E-state index contributed by atoms with van der Waals surface area (Å²) in [7, 11) is 0. The molecule has 168 valence electrons. The summed E-state index contributed by atoms with van der Waals surface area (Å²) in [5, 5.41) is 12.0. The highest BCUT2D eigenvalue weighted by Crippen LogP contribution is 2.21. The van der Waals surface area contributed by atoms with Gasteiger partial charge in [-0.2, -0.15) is 0 Å². The van der Waals surface area contributed by atoms with E-state index in [0.717, 1.165) is 11.1 Å². The van der Waals surface area contributed by atoms with Gasteiger partial charge in [-0.3, -0.25) is 4.79 Å². The number of rotatable bonds is 10. The number of benzene rings is 3. The lowest BCUT2D eigenvalue weighted by Gasteiger charge is -2.19. The normalized spacial score (nSPS) is 11.7. The molecule has 6 nitrogen and oxygen atoms in total. The van der Waals surface area contributed by atoms with Crippen LogP contribution in [0.2, 0.25) is 5.02 Å². The van der Waals surface area contributed by atoms with Gasteiger partial charge in [0.1, 0.15) is 5.75 Å². The third kappa shape index (κ3) is 7.10. The van der Waals surface area contributed by atoms with Gasteiger partial charge in [-0.1, -0.05) is 84.0 Å². The summed E-state index contributed by atoms with van der Waals surface area (Å²) < 4.78 is 11.2. The number of hydrogen-bond acceptors (Lipinski definition) is 6. The smallest absolute Gasteiger partial charge is 0.277 e. The molecule has 0 aliphatic carbocycles. The molecule has 4 rings (SSSR count). The second kappa shape index (κ2) is 11.5. The van der Waals surface area contributed by atoms with Crippen LogP contribution in [0.3, 0.4) is 0 Å². The number of aromatic nitrogens is 2. The Hall–Kier alpha value is -3.29. The van der Waals surface area contributed by atoms with Crippen LogP contribution in [0.4, 0.5) is 0 Å². The Morgan fingerprint density at radius 2 is 1.67 bits per heavy atom. The highest BCUT2D eigenvalue weighted by molar-refractivity contribution is 7.99. The maximum absolute atomic E-state index is 12.7. The second-order valence-electron chi connectivity index (χ2n) is 7.21. The van der Waals surface area contributed by atoms with Crippen LogP contribution in [0, 0.1) is 0 Å². The maximum atomic E-state index is 12.7. The first kappa shape index (κ1) is 22.9. The third-order valence-corrected chi connectivity index (χ3v) is 5.84. The average Bonchev–Trinajstić information content (AvgIpc) is 3.31. The van der Waals surface area contributed by atoms with Crippen molar-refractivity contribution in [2.75, 3.05) is 5.75 Å². The van der Waals surface area contributed by atoms with Crippen LogP contribution in [0.5, 0.6) is 5.75 Å². The van der Waals surface area contributed by atoms with Gasteiger partial charge in [-0.05, 0) is 41.8 Å². The van der Waals surface area contributed by atoms with Gasteiger partial charge in [-0.15, -0.1) is 10.2 Å². The first-order valence-electron chi connectivity index (χ1n) is 10.4. The first-order chi connectivity index (χ1) is 16.2. The Balaban J connectivity index is 1.30. The van der Waals surface area contributed by atoms with Crippen LogP contribution in [0.1, 0.15) is 23.1 Å². The number of nitrogens with zero attached hydrogens (tertiary/aromatic N) is 2. The van der Waals surface area contributed by atoms with E-state index in [9.17, 15) is 4.79 Å². The summed E-state index contributed by atoms with van der Waals surface area (Å²) in [4.78, 5) is 12.7. The molecule has 0 aliphatic heterocycles. The van der Waals surface area contributed by atoms with Gasteiger partial charge in [0.25, 0.3) is 11.1 Å². The van der Waals surface area contributed by atoms with Crippen molar-refractivity contribution >= 4 is 29.3 Å². The fourth-order valence-electron chi connectivity index (χ4n) is 3.18. The third-order valence-electron chi connectivity index (χ3n) is 4.77. The zero-order valence-electron chi connectivity index (χ0n) is 17.7. The molecule has 1 amide bonds. The lowest BCUT2D eigenvalue weighted by Crippen LogP contribution is -2.31. The van der Waals surface area contributed by atoms with Crippen LogP contribution in [-0.4, -0.2) is 21.9 Å². The van der Waals surface area contributed by atoms with Gasteiger partial charge >= 0.3 is 0 Å². The van der Waals surface area contributed by atoms with E-state index in [1.807, 2.05) is 48.5 Å².